The number of anilines is 1. The van der Waals surface area contributed by atoms with Crippen molar-refractivity contribution in [2.45, 2.75) is 59.0 Å². The smallest absolute Gasteiger partial charge is 0.123 e. The number of rotatable bonds is 7. The standard InChI is InChI=1S/C17H29FN2/c1-6-7-8-11-20(5)16-10-9-15(18)12-14(16)13-19-17(2,3)4/h9-10,12,19H,6-8,11,13H2,1-5H3. The molecule has 0 aliphatic carbocycles. The van der Waals surface area contributed by atoms with Gasteiger partial charge in [0.15, 0.2) is 0 Å². The minimum atomic E-state index is -0.165. The topological polar surface area (TPSA) is 15.3 Å². The third kappa shape index (κ3) is 5.91. The fourth-order valence-electron chi connectivity index (χ4n) is 2.15. The normalized spacial score (nSPS) is 11.7. The van der Waals surface area contributed by atoms with E-state index in [4.69, 9.17) is 0 Å². The van der Waals surface area contributed by atoms with Crippen molar-refractivity contribution in [3.05, 3.63) is 29.6 Å². The monoisotopic (exact) mass is 280 g/mol. The summed E-state index contributed by atoms with van der Waals surface area (Å²) >= 11 is 0. The Kier molecular flexibility index (Phi) is 6.47. The van der Waals surface area contributed by atoms with Gasteiger partial charge in [0.2, 0.25) is 0 Å². The Morgan fingerprint density at radius 2 is 1.90 bits per heavy atom. The Hall–Kier alpha value is -1.09. The molecule has 0 saturated heterocycles. The molecule has 0 radical (unpaired) electrons. The van der Waals surface area contributed by atoms with E-state index in [0.717, 1.165) is 17.8 Å². The molecule has 0 aliphatic rings. The van der Waals surface area contributed by atoms with Gasteiger partial charge < -0.3 is 10.2 Å². The molecule has 1 N–H and O–H groups in total. The average Bonchev–Trinajstić information content (AvgIpc) is 2.35. The largest absolute Gasteiger partial charge is 0.374 e. The molecular weight excluding hydrogens is 251 g/mol. The van der Waals surface area contributed by atoms with Crippen LogP contribution < -0.4 is 10.2 Å². The first-order valence-electron chi connectivity index (χ1n) is 7.58. The highest BCUT2D eigenvalue weighted by Crippen LogP contribution is 2.22. The lowest BCUT2D eigenvalue weighted by atomic mass is 10.1. The first-order valence-corrected chi connectivity index (χ1v) is 7.58. The average molecular weight is 280 g/mol. The Bertz CT molecular complexity index is 410. The predicted octanol–water partition coefficient (Wildman–Crippen LogP) is 4.34. The molecule has 0 heterocycles. The minimum absolute atomic E-state index is 0.0321. The fourth-order valence-corrected chi connectivity index (χ4v) is 2.15. The number of benzene rings is 1. The van der Waals surface area contributed by atoms with E-state index in [1.807, 2.05) is 6.07 Å². The van der Waals surface area contributed by atoms with E-state index in [-0.39, 0.29) is 11.4 Å². The van der Waals surface area contributed by atoms with E-state index in [1.165, 1.54) is 19.3 Å². The molecule has 0 fully saturated rings. The van der Waals surface area contributed by atoms with Gasteiger partial charge in [-0.3, -0.25) is 0 Å². The van der Waals surface area contributed by atoms with Gasteiger partial charge in [-0.1, -0.05) is 19.8 Å². The number of hydrogen-bond acceptors (Lipinski definition) is 2. The first-order chi connectivity index (χ1) is 9.33. The summed E-state index contributed by atoms with van der Waals surface area (Å²) < 4.78 is 13.5. The van der Waals surface area contributed by atoms with Gasteiger partial charge in [0.05, 0.1) is 0 Å². The molecule has 114 valence electrons. The molecule has 1 aromatic carbocycles. The second-order valence-corrected chi connectivity index (χ2v) is 6.51. The highest BCUT2D eigenvalue weighted by atomic mass is 19.1. The second-order valence-electron chi connectivity index (χ2n) is 6.51. The maximum Gasteiger partial charge on any atom is 0.123 e. The number of unbranched alkanes of at least 4 members (excludes halogenated alkanes) is 2. The van der Waals surface area contributed by atoms with E-state index >= 15 is 0 Å². The van der Waals surface area contributed by atoms with Crippen molar-refractivity contribution in [1.29, 1.82) is 0 Å². The molecule has 1 aromatic rings. The van der Waals surface area contributed by atoms with Crippen LogP contribution in [0.1, 0.15) is 52.5 Å². The van der Waals surface area contributed by atoms with Crippen LogP contribution in [-0.2, 0) is 6.54 Å². The lowest BCUT2D eigenvalue weighted by Crippen LogP contribution is -2.35. The Labute approximate surface area is 123 Å². The van der Waals surface area contributed by atoms with Gasteiger partial charge in [-0.2, -0.15) is 0 Å². The van der Waals surface area contributed by atoms with E-state index in [0.29, 0.717) is 6.54 Å². The quantitative estimate of drug-likeness (QED) is 0.747. The summed E-state index contributed by atoms with van der Waals surface area (Å²) in [6.45, 7) is 10.3. The Balaban J connectivity index is 2.78. The summed E-state index contributed by atoms with van der Waals surface area (Å²) in [7, 11) is 2.09. The van der Waals surface area contributed by atoms with Crippen LogP contribution in [0.4, 0.5) is 10.1 Å². The lowest BCUT2D eigenvalue weighted by Gasteiger charge is -2.26. The third-order valence-corrected chi connectivity index (χ3v) is 3.36. The highest BCUT2D eigenvalue weighted by molar-refractivity contribution is 5.53. The van der Waals surface area contributed by atoms with Crippen LogP contribution in [0.15, 0.2) is 18.2 Å². The van der Waals surface area contributed by atoms with Crippen molar-refractivity contribution in [2.75, 3.05) is 18.5 Å². The maximum atomic E-state index is 13.5. The maximum absolute atomic E-state index is 13.5. The van der Waals surface area contributed by atoms with E-state index in [1.54, 1.807) is 12.1 Å². The van der Waals surface area contributed by atoms with Gasteiger partial charge in [0.1, 0.15) is 5.82 Å². The summed E-state index contributed by atoms with van der Waals surface area (Å²) in [5.41, 5.74) is 2.18. The zero-order valence-electron chi connectivity index (χ0n) is 13.6. The zero-order valence-corrected chi connectivity index (χ0v) is 13.6. The third-order valence-electron chi connectivity index (χ3n) is 3.36. The molecule has 2 nitrogen and oxygen atoms in total. The molecular formula is C17H29FN2. The van der Waals surface area contributed by atoms with Gasteiger partial charge in [-0.05, 0) is 51.0 Å². The number of nitrogens with one attached hydrogen (secondary N) is 1. The predicted molar refractivity (Wildman–Crippen MR) is 85.8 cm³/mol. The van der Waals surface area contributed by atoms with Crippen molar-refractivity contribution < 1.29 is 4.39 Å². The van der Waals surface area contributed by atoms with Crippen molar-refractivity contribution in [3.8, 4) is 0 Å². The number of halogens is 1. The highest BCUT2D eigenvalue weighted by Gasteiger charge is 2.13. The molecule has 0 spiro atoms. The van der Waals surface area contributed by atoms with Crippen LogP contribution in [0, 0.1) is 5.82 Å². The van der Waals surface area contributed by atoms with E-state index in [2.05, 4.69) is 45.0 Å². The molecule has 1 rings (SSSR count). The molecule has 0 atom stereocenters. The zero-order chi connectivity index (χ0) is 15.2. The summed E-state index contributed by atoms with van der Waals surface area (Å²) in [6.07, 6.45) is 3.63. The van der Waals surface area contributed by atoms with Crippen molar-refractivity contribution in [3.63, 3.8) is 0 Å². The van der Waals surface area contributed by atoms with Gasteiger partial charge in [-0.25, -0.2) is 4.39 Å². The summed E-state index contributed by atoms with van der Waals surface area (Å²) in [5.74, 6) is -0.165. The van der Waals surface area contributed by atoms with E-state index in [9.17, 15) is 4.39 Å². The van der Waals surface area contributed by atoms with Crippen LogP contribution >= 0.6 is 0 Å². The van der Waals surface area contributed by atoms with Gasteiger partial charge in [0, 0.05) is 31.4 Å². The first kappa shape index (κ1) is 17.0. The van der Waals surface area contributed by atoms with Gasteiger partial charge in [0.25, 0.3) is 0 Å². The van der Waals surface area contributed by atoms with Crippen molar-refractivity contribution >= 4 is 5.69 Å². The molecule has 0 unspecified atom stereocenters. The molecule has 0 bridgehead atoms. The lowest BCUT2D eigenvalue weighted by molar-refractivity contribution is 0.423. The molecule has 0 aliphatic heterocycles. The minimum Gasteiger partial charge on any atom is -0.374 e. The van der Waals surface area contributed by atoms with Crippen LogP contribution in [0.2, 0.25) is 0 Å². The van der Waals surface area contributed by atoms with E-state index < -0.39 is 0 Å². The molecule has 20 heavy (non-hydrogen) atoms. The summed E-state index contributed by atoms with van der Waals surface area (Å²) in [6, 6.07) is 5.08. The van der Waals surface area contributed by atoms with Crippen molar-refractivity contribution in [1.82, 2.24) is 5.32 Å². The number of nitrogens with zero attached hydrogens (tertiary/aromatic N) is 1. The fraction of sp³-hybridized carbons (Fsp3) is 0.647. The summed E-state index contributed by atoms with van der Waals surface area (Å²) in [4.78, 5) is 2.23. The van der Waals surface area contributed by atoms with Crippen LogP contribution in [0.25, 0.3) is 0 Å². The number of hydrogen-bond donors (Lipinski definition) is 1. The van der Waals surface area contributed by atoms with Crippen LogP contribution in [0.5, 0.6) is 0 Å². The van der Waals surface area contributed by atoms with Crippen molar-refractivity contribution in [2.24, 2.45) is 0 Å². The summed E-state index contributed by atoms with van der Waals surface area (Å²) in [5, 5.41) is 3.43. The van der Waals surface area contributed by atoms with Gasteiger partial charge in [-0.15, -0.1) is 0 Å². The SMILES string of the molecule is CCCCCN(C)c1ccc(F)cc1CNC(C)(C)C. The Morgan fingerprint density at radius 3 is 2.50 bits per heavy atom. The van der Waals surface area contributed by atoms with Crippen LogP contribution in [-0.4, -0.2) is 19.1 Å². The molecule has 3 heteroatoms. The molecule has 0 aromatic heterocycles. The second kappa shape index (κ2) is 7.63. The Morgan fingerprint density at radius 1 is 1.20 bits per heavy atom. The molecule has 0 saturated carbocycles. The molecule has 0 amide bonds. The van der Waals surface area contributed by atoms with Crippen LogP contribution in [0.3, 0.4) is 0 Å². The van der Waals surface area contributed by atoms with Gasteiger partial charge >= 0.3 is 0 Å².